The molecule has 1 aromatic carbocycles. The number of anilines is 1. The largest absolute Gasteiger partial charge is 0.437 e. The maximum atomic E-state index is 14.4. The number of carbonyl (C=O) groups excluding carboxylic acids is 2. The van der Waals surface area contributed by atoms with Crippen molar-refractivity contribution in [3.63, 3.8) is 0 Å². The van der Waals surface area contributed by atoms with E-state index in [1.165, 1.54) is 18.3 Å². The van der Waals surface area contributed by atoms with E-state index in [1.807, 2.05) is 0 Å². The van der Waals surface area contributed by atoms with E-state index >= 15 is 0 Å². The first-order valence-electron chi connectivity index (χ1n) is 9.55. The fourth-order valence-corrected chi connectivity index (χ4v) is 3.95. The molecule has 2 saturated heterocycles. The number of carbonyl (C=O) groups is 2. The standard InChI is InChI=1S/C20H21F3N4O3/c1-13-16(11-24-25(13)2)17(28)26-9-7-19(8-10-26)12-27(18(29)20(22,23)30-19)15-5-3-14(21)4-6-15/h3-6,11H,7-10,12H2,1-2H3. The van der Waals surface area contributed by atoms with Crippen molar-refractivity contribution in [1.82, 2.24) is 14.7 Å². The van der Waals surface area contributed by atoms with Crippen molar-refractivity contribution < 1.29 is 27.5 Å². The number of rotatable bonds is 2. The average molecular weight is 422 g/mol. The van der Waals surface area contributed by atoms with Gasteiger partial charge >= 0.3 is 12.0 Å². The summed E-state index contributed by atoms with van der Waals surface area (Å²) in [4.78, 5) is 27.5. The lowest BCUT2D eigenvalue weighted by atomic mass is 9.88. The van der Waals surface area contributed by atoms with Crippen LogP contribution in [0.15, 0.2) is 30.5 Å². The molecule has 0 unspecified atom stereocenters. The first-order chi connectivity index (χ1) is 14.1. The van der Waals surface area contributed by atoms with E-state index in [9.17, 15) is 22.8 Å². The number of amides is 2. The number of hydrogen-bond acceptors (Lipinski definition) is 4. The molecule has 0 saturated carbocycles. The van der Waals surface area contributed by atoms with Crippen molar-refractivity contribution in [1.29, 1.82) is 0 Å². The van der Waals surface area contributed by atoms with Gasteiger partial charge in [-0.3, -0.25) is 14.3 Å². The Morgan fingerprint density at radius 3 is 2.37 bits per heavy atom. The summed E-state index contributed by atoms with van der Waals surface area (Å²) in [5, 5.41) is 4.07. The second kappa shape index (κ2) is 7.12. The number of benzene rings is 1. The normalized spacial score (nSPS) is 20.6. The summed E-state index contributed by atoms with van der Waals surface area (Å²) >= 11 is 0. The second-order valence-electron chi connectivity index (χ2n) is 7.73. The Morgan fingerprint density at radius 2 is 1.80 bits per heavy atom. The summed E-state index contributed by atoms with van der Waals surface area (Å²) in [5.74, 6) is -2.23. The summed E-state index contributed by atoms with van der Waals surface area (Å²) in [5.41, 5.74) is 0.0561. The number of alkyl halides is 2. The van der Waals surface area contributed by atoms with E-state index in [4.69, 9.17) is 4.74 Å². The fourth-order valence-electron chi connectivity index (χ4n) is 3.95. The lowest BCUT2D eigenvalue weighted by molar-refractivity contribution is -0.292. The van der Waals surface area contributed by atoms with Crippen molar-refractivity contribution in [2.24, 2.45) is 7.05 Å². The third-order valence-electron chi connectivity index (χ3n) is 5.85. The van der Waals surface area contributed by atoms with Crippen LogP contribution in [0.25, 0.3) is 0 Å². The number of ether oxygens (including phenoxy) is 1. The molecule has 2 aliphatic rings. The van der Waals surface area contributed by atoms with Crippen LogP contribution in [0.4, 0.5) is 18.9 Å². The maximum absolute atomic E-state index is 14.4. The summed E-state index contributed by atoms with van der Waals surface area (Å²) in [6.45, 7) is 2.09. The molecule has 0 aliphatic carbocycles. The number of halogens is 3. The van der Waals surface area contributed by atoms with Crippen LogP contribution < -0.4 is 4.90 Å². The molecule has 30 heavy (non-hydrogen) atoms. The number of morpholine rings is 1. The number of aromatic nitrogens is 2. The molecule has 1 aromatic heterocycles. The highest BCUT2D eigenvalue weighted by Crippen LogP contribution is 2.40. The van der Waals surface area contributed by atoms with Gasteiger partial charge in [-0.15, -0.1) is 0 Å². The molecular formula is C20H21F3N4O3. The summed E-state index contributed by atoms with van der Waals surface area (Å²) in [7, 11) is 1.73. The lowest BCUT2D eigenvalue weighted by Crippen LogP contribution is -2.65. The molecule has 3 heterocycles. The second-order valence-corrected chi connectivity index (χ2v) is 7.73. The molecule has 2 aromatic rings. The van der Waals surface area contributed by atoms with Gasteiger partial charge in [0.2, 0.25) is 0 Å². The molecule has 1 spiro atoms. The van der Waals surface area contributed by atoms with Gasteiger partial charge in [0.25, 0.3) is 5.91 Å². The van der Waals surface area contributed by atoms with Crippen molar-refractivity contribution in [2.45, 2.75) is 31.5 Å². The summed E-state index contributed by atoms with van der Waals surface area (Å²) < 4.78 is 48.7. The zero-order chi connectivity index (χ0) is 21.7. The predicted octanol–water partition coefficient (Wildman–Crippen LogP) is 2.50. The molecule has 10 heteroatoms. The van der Waals surface area contributed by atoms with Gasteiger partial charge in [-0.05, 0) is 44.0 Å². The quantitative estimate of drug-likeness (QED) is 0.746. The minimum absolute atomic E-state index is 0.0962. The first-order valence-corrected chi connectivity index (χ1v) is 9.55. The van der Waals surface area contributed by atoms with Gasteiger partial charge in [-0.25, -0.2) is 4.39 Å². The highest BCUT2D eigenvalue weighted by atomic mass is 19.3. The predicted molar refractivity (Wildman–Crippen MR) is 101 cm³/mol. The van der Waals surface area contributed by atoms with Crippen molar-refractivity contribution in [3.05, 3.63) is 47.5 Å². The SMILES string of the molecule is Cc1c(C(=O)N2CCC3(CC2)CN(c2ccc(F)cc2)C(=O)C(F)(F)O3)cnn1C. The fraction of sp³-hybridized carbons (Fsp3) is 0.450. The molecule has 0 atom stereocenters. The van der Waals surface area contributed by atoms with Crippen LogP contribution >= 0.6 is 0 Å². The minimum Gasteiger partial charge on any atom is -0.338 e. The van der Waals surface area contributed by atoms with E-state index in [1.54, 1.807) is 23.6 Å². The van der Waals surface area contributed by atoms with Crippen molar-refractivity contribution >= 4 is 17.5 Å². The highest BCUT2D eigenvalue weighted by molar-refractivity contribution is 5.98. The highest BCUT2D eigenvalue weighted by Gasteiger charge is 2.57. The van der Waals surface area contributed by atoms with Gasteiger partial charge in [-0.1, -0.05) is 0 Å². The zero-order valence-electron chi connectivity index (χ0n) is 16.6. The molecule has 7 nitrogen and oxygen atoms in total. The molecular weight excluding hydrogens is 401 g/mol. The van der Waals surface area contributed by atoms with Gasteiger partial charge < -0.3 is 14.5 Å². The van der Waals surface area contributed by atoms with Crippen LogP contribution in [-0.2, 0) is 16.6 Å². The Bertz CT molecular complexity index is 982. The van der Waals surface area contributed by atoms with E-state index < -0.39 is 23.4 Å². The van der Waals surface area contributed by atoms with Crippen LogP contribution in [0.5, 0.6) is 0 Å². The van der Waals surface area contributed by atoms with Gasteiger partial charge in [-0.2, -0.15) is 13.9 Å². The third kappa shape index (κ3) is 3.45. The summed E-state index contributed by atoms with van der Waals surface area (Å²) in [6.07, 6.45) is -2.24. The Morgan fingerprint density at radius 1 is 1.17 bits per heavy atom. The molecule has 160 valence electrons. The first kappa shape index (κ1) is 20.4. The van der Waals surface area contributed by atoms with E-state index in [0.717, 1.165) is 17.0 Å². The van der Waals surface area contributed by atoms with Crippen LogP contribution in [0, 0.1) is 12.7 Å². The topological polar surface area (TPSA) is 67.7 Å². The average Bonchev–Trinajstić information content (AvgIpc) is 3.04. The molecule has 0 bridgehead atoms. The number of likely N-dealkylation sites (tertiary alicyclic amines) is 1. The molecule has 2 amide bonds. The number of nitrogens with zero attached hydrogens (tertiary/aromatic N) is 4. The Kier molecular flexibility index (Phi) is 4.84. The molecule has 2 aliphatic heterocycles. The zero-order valence-corrected chi connectivity index (χ0v) is 16.6. The van der Waals surface area contributed by atoms with E-state index in [0.29, 0.717) is 11.3 Å². The monoisotopic (exact) mass is 422 g/mol. The smallest absolute Gasteiger partial charge is 0.338 e. The van der Waals surface area contributed by atoms with Gasteiger partial charge in [0, 0.05) is 31.5 Å². The van der Waals surface area contributed by atoms with Gasteiger partial charge in [0.15, 0.2) is 0 Å². The lowest BCUT2D eigenvalue weighted by Gasteiger charge is -2.48. The molecule has 4 rings (SSSR count). The van der Waals surface area contributed by atoms with Gasteiger partial charge in [0.1, 0.15) is 5.82 Å². The third-order valence-corrected chi connectivity index (χ3v) is 5.85. The van der Waals surface area contributed by atoms with E-state index in [-0.39, 0.29) is 44.1 Å². The van der Waals surface area contributed by atoms with Crippen LogP contribution in [0.3, 0.4) is 0 Å². The molecule has 0 N–H and O–H groups in total. The van der Waals surface area contributed by atoms with Crippen LogP contribution in [0.2, 0.25) is 0 Å². The Hall–Kier alpha value is -2.88. The van der Waals surface area contributed by atoms with Gasteiger partial charge in [0.05, 0.1) is 23.9 Å². The molecule has 0 radical (unpaired) electrons. The number of hydrogen-bond donors (Lipinski definition) is 0. The number of aryl methyl sites for hydroxylation is 1. The minimum atomic E-state index is -4.00. The summed E-state index contributed by atoms with van der Waals surface area (Å²) in [6, 6.07) is 4.79. The van der Waals surface area contributed by atoms with Crippen LogP contribution in [-0.4, -0.2) is 57.8 Å². The van der Waals surface area contributed by atoms with Crippen LogP contribution in [0.1, 0.15) is 28.9 Å². The Balaban J connectivity index is 1.53. The van der Waals surface area contributed by atoms with Crippen molar-refractivity contribution in [2.75, 3.05) is 24.5 Å². The van der Waals surface area contributed by atoms with E-state index in [2.05, 4.69) is 5.10 Å². The van der Waals surface area contributed by atoms with Crippen molar-refractivity contribution in [3.8, 4) is 0 Å². The maximum Gasteiger partial charge on any atom is 0.437 e. The number of piperidine rings is 1. The Labute approximate surface area is 171 Å². The molecule has 2 fully saturated rings.